The summed E-state index contributed by atoms with van der Waals surface area (Å²) in [7, 11) is 0. The third-order valence-electron chi connectivity index (χ3n) is 2.17. The van der Waals surface area contributed by atoms with E-state index in [1.165, 1.54) is 5.56 Å². The van der Waals surface area contributed by atoms with Gasteiger partial charge >= 0.3 is 0 Å². The molecule has 0 saturated heterocycles. The lowest BCUT2D eigenvalue weighted by molar-refractivity contribution is 0.234. The summed E-state index contributed by atoms with van der Waals surface area (Å²) in [5.74, 6) is 1.45. The molecule has 2 rings (SSSR count). The zero-order chi connectivity index (χ0) is 9.42. The lowest BCUT2D eigenvalue weighted by Gasteiger charge is -2.23. The topological polar surface area (TPSA) is 9.23 Å². The maximum absolute atomic E-state index is 6.04. The van der Waals surface area contributed by atoms with E-state index in [0.717, 1.165) is 23.2 Å². The third-order valence-corrected chi connectivity index (χ3v) is 2.90. The van der Waals surface area contributed by atoms with Crippen LogP contribution in [0.3, 0.4) is 0 Å². The Balaban J connectivity index is 2.47. The molecule has 1 atom stereocenters. The van der Waals surface area contributed by atoms with Crippen LogP contribution < -0.4 is 4.74 Å². The standard InChI is InChI=1S/C10H10BrClO/c1-6-2-7-3-8(11)4-9(12)10(7)13-5-6/h3-4,6H,2,5H2,1H3. The molecule has 1 nitrogen and oxygen atoms in total. The van der Waals surface area contributed by atoms with E-state index in [9.17, 15) is 0 Å². The van der Waals surface area contributed by atoms with Crippen LogP contribution >= 0.6 is 27.5 Å². The summed E-state index contributed by atoms with van der Waals surface area (Å²) in [5, 5.41) is 0.705. The van der Waals surface area contributed by atoms with Gasteiger partial charge in [0.1, 0.15) is 5.75 Å². The number of hydrogen-bond donors (Lipinski definition) is 0. The fourth-order valence-electron chi connectivity index (χ4n) is 1.59. The van der Waals surface area contributed by atoms with Gasteiger partial charge in [-0.2, -0.15) is 0 Å². The lowest BCUT2D eigenvalue weighted by atomic mass is 9.99. The van der Waals surface area contributed by atoms with E-state index in [1.807, 2.05) is 6.07 Å². The average molecular weight is 262 g/mol. The Hall–Kier alpha value is -0.210. The molecule has 0 saturated carbocycles. The molecule has 0 aliphatic carbocycles. The second-order valence-electron chi connectivity index (χ2n) is 3.50. The molecule has 0 amide bonds. The van der Waals surface area contributed by atoms with Gasteiger partial charge in [0.15, 0.2) is 0 Å². The second-order valence-corrected chi connectivity index (χ2v) is 4.82. The molecular weight excluding hydrogens is 251 g/mol. The largest absolute Gasteiger partial charge is 0.491 e. The summed E-state index contributed by atoms with van der Waals surface area (Å²) >= 11 is 9.46. The summed E-state index contributed by atoms with van der Waals surface area (Å²) in [4.78, 5) is 0. The highest BCUT2D eigenvalue weighted by Crippen LogP contribution is 2.36. The van der Waals surface area contributed by atoms with Crippen molar-refractivity contribution in [2.45, 2.75) is 13.3 Å². The number of fused-ring (bicyclic) bond motifs is 1. The molecule has 1 heterocycles. The van der Waals surface area contributed by atoms with Crippen molar-refractivity contribution in [3.63, 3.8) is 0 Å². The van der Waals surface area contributed by atoms with Crippen LogP contribution in [0.1, 0.15) is 12.5 Å². The summed E-state index contributed by atoms with van der Waals surface area (Å²) in [6.07, 6.45) is 1.05. The summed E-state index contributed by atoms with van der Waals surface area (Å²) < 4.78 is 6.59. The zero-order valence-electron chi connectivity index (χ0n) is 7.31. The minimum Gasteiger partial charge on any atom is -0.491 e. The van der Waals surface area contributed by atoms with E-state index in [2.05, 4.69) is 28.9 Å². The first-order chi connectivity index (χ1) is 6.16. The van der Waals surface area contributed by atoms with Gasteiger partial charge < -0.3 is 4.74 Å². The van der Waals surface area contributed by atoms with E-state index in [-0.39, 0.29) is 0 Å². The molecule has 0 fully saturated rings. The van der Waals surface area contributed by atoms with Crippen LogP contribution in [0, 0.1) is 5.92 Å². The highest BCUT2D eigenvalue weighted by Gasteiger charge is 2.19. The van der Waals surface area contributed by atoms with E-state index < -0.39 is 0 Å². The molecule has 1 aromatic rings. The Kier molecular flexibility index (Phi) is 2.52. The highest BCUT2D eigenvalue weighted by atomic mass is 79.9. The van der Waals surface area contributed by atoms with Crippen LogP contribution in [0.15, 0.2) is 16.6 Å². The molecule has 0 radical (unpaired) electrons. The molecule has 1 aliphatic rings. The van der Waals surface area contributed by atoms with Crippen LogP contribution in [0.5, 0.6) is 5.75 Å². The van der Waals surface area contributed by atoms with Gasteiger partial charge in [-0.25, -0.2) is 0 Å². The molecule has 0 bridgehead atoms. The second kappa shape index (κ2) is 3.50. The normalized spacial score (nSPS) is 20.7. The Morgan fingerprint density at radius 3 is 3.08 bits per heavy atom. The monoisotopic (exact) mass is 260 g/mol. The van der Waals surface area contributed by atoms with Crippen LogP contribution in [0.2, 0.25) is 5.02 Å². The van der Waals surface area contributed by atoms with E-state index in [4.69, 9.17) is 16.3 Å². The predicted molar refractivity (Wildman–Crippen MR) is 57.5 cm³/mol. The predicted octanol–water partition coefficient (Wildman–Crippen LogP) is 3.67. The van der Waals surface area contributed by atoms with Crippen molar-refractivity contribution < 1.29 is 4.74 Å². The fraction of sp³-hybridized carbons (Fsp3) is 0.400. The van der Waals surface area contributed by atoms with Gasteiger partial charge in [0, 0.05) is 4.47 Å². The van der Waals surface area contributed by atoms with Crippen LogP contribution in [0.25, 0.3) is 0 Å². The van der Waals surface area contributed by atoms with Crippen molar-refractivity contribution in [3.8, 4) is 5.75 Å². The van der Waals surface area contributed by atoms with Crippen molar-refractivity contribution in [2.24, 2.45) is 5.92 Å². The molecule has 70 valence electrons. The van der Waals surface area contributed by atoms with Crippen molar-refractivity contribution in [1.29, 1.82) is 0 Å². The Bertz CT molecular complexity index is 338. The minimum absolute atomic E-state index is 0.581. The number of rotatable bonds is 0. The SMILES string of the molecule is CC1COc2c(Cl)cc(Br)cc2C1. The Labute approximate surface area is 91.2 Å². The molecular formula is C10H10BrClO. The molecule has 13 heavy (non-hydrogen) atoms. The van der Waals surface area contributed by atoms with Gasteiger partial charge in [-0.05, 0) is 30.0 Å². The first-order valence-corrected chi connectivity index (χ1v) is 5.44. The molecule has 0 N–H and O–H groups in total. The maximum Gasteiger partial charge on any atom is 0.141 e. The Morgan fingerprint density at radius 2 is 2.31 bits per heavy atom. The number of ether oxygens (including phenoxy) is 1. The van der Waals surface area contributed by atoms with E-state index in [0.29, 0.717) is 10.9 Å². The average Bonchev–Trinajstić information content (AvgIpc) is 2.02. The molecule has 1 aromatic carbocycles. The van der Waals surface area contributed by atoms with Gasteiger partial charge in [0.25, 0.3) is 0 Å². The van der Waals surface area contributed by atoms with Gasteiger partial charge in [0.05, 0.1) is 11.6 Å². The number of benzene rings is 1. The van der Waals surface area contributed by atoms with Crippen molar-refractivity contribution >= 4 is 27.5 Å². The first-order valence-electron chi connectivity index (χ1n) is 4.27. The third kappa shape index (κ3) is 1.84. The Morgan fingerprint density at radius 1 is 1.54 bits per heavy atom. The van der Waals surface area contributed by atoms with Crippen molar-refractivity contribution in [1.82, 2.24) is 0 Å². The lowest BCUT2D eigenvalue weighted by Crippen LogP contribution is -2.18. The molecule has 0 spiro atoms. The fourth-order valence-corrected chi connectivity index (χ4v) is 2.52. The van der Waals surface area contributed by atoms with Crippen LogP contribution in [-0.2, 0) is 6.42 Å². The zero-order valence-corrected chi connectivity index (χ0v) is 9.65. The van der Waals surface area contributed by atoms with Gasteiger partial charge in [0.2, 0.25) is 0 Å². The first kappa shape index (κ1) is 9.35. The number of hydrogen-bond acceptors (Lipinski definition) is 1. The summed E-state index contributed by atoms with van der Waals surface area (Å²) in [6.45, 7) is 2.95. The van der Waals surface area contributed by atoms with Gasteiger partial charge in [-0.15, -0.1) is 0 Å². The molecule has 1 aliphatic heterocycles. The summed E-state index contributed by atoms with van der Waals surface area (Å²) in [5.41, 5.74) is 1.21. The van der Waals surface area contributed by atoms with Crippen molar-refractivity contribution in [3.05, 3.63) is 27.2 Å². The molecule has 3 heteroatoms. The van der Waals surface area contributed by atoms with E-state index in [1.54, 1.807) is 0 Å². The van der Waals surface area contributed by atoms with Gasteiger partial charge in [-0.3, -0.25) is 0 Å². The summed E-state index contributed by atoms with van der Waals surface area (Å²) in [6, 6.07) is 3.95. The highest BCUT2D eigenvalue weighted by molar-refractivity contribution is 9.10. The van der Waals surface area contributed by atoms with Crippen LogP contribution in [0.4, 0.5) is 0 Å². The number of halogens is 2. The quantitative estimate of drug-likeness (QED) is 0.692. The maximum atomic E-state index is 6.04. The molecule has 0 aromatic heterocycles. The van der Waals surface area contributed by atoms with Gasteiger partial charge in [-0.1, -0.05) is 34.5 Å². The van der Waals surface area contributed by atoms with E-state index >= 15 is 0 Å². The van der Waals surface area contributed by atoms with Crippen LogP contribution in [-0.4, -0.2) is 6.61 Å². The smallest absolute Gasteiger partial charge is 0.141 e. The van der Waals surface area contributed by atoms with Crippen molar-refractivity contribution in [2.75, 3.05) is 6.61 Å². The molecule has 1 unspecified atom stereocenters. The minimum atomic E-state index is 0.581.